The van der Waals surface area contributed by atoms with Crippen molar-refractivity contribution in [2.45, 2.75) is 30.7 Å². The molecule has 0 N–H and O–H groups in total. The van der Waals surface area contributed by atoms with Crippen molar-refractivity contribution < 1.29 is 13.2 Å². The Morgan fingerprint density at radius 3 is 2.52 bits per heavy atom. The Morgan fingerprint density at radius 1 is 1.35 bits per heavy atom. The van der Waals surface area contributed by atoms with Crippen LogP contribution in [0.15, 0.2) is 17.6 Å². The molecule has 3 rings (SSSR count). The minimum atomic E-state index is -3.64. The van der Waals surface area contributed by atoms with E-state index < -0.39 is 10.0 Å². The van der Waals surface area contributed by atoms with Gasteiger partial charge in [-0.25, -0.2) is 13.4 Å². The van der Waals surface area contributed by atoms with E-state index in [1.165, 1.54) is 16.8 Å². The predicted molar refractivity (Wildman–Crippen MR) is 85.1 cm³/mol. The Kier molecular flexibility index (Phi) is 4.00. The van der Waals surface area contributed by atoms with Crippen molar-refractivity contribution in [1.29, 1.82) is 0 Å². The Morgan fingerprint density at radius 2 is 2.00 bits per heavy atom. The second-order valence-corrected chi connectivity index (χ2v) is 8.91. The number of hydrogen-bond acceptors (Lipinski definition) is 4. The minimum Gasteiger partial charge on any atom is -0.349 e. The molecule has 1 amide bonds. The summed E-state index contributed by atoms with van der Waals surface area (Å²) < 4.78 is 28.8. The van der Waals surface area contributed by atoms with E-state index >= 15 is 0 Å². The van der Waals surface area contributed by atoms with Crippen LogP contribution < -0.4 is 0 Å². The largest absolute Gasteiger partial charge is 0.349 e. The van der Waals surface area contributed by atoms with Gasteiger partial charge in [-0.1, -0.05) is 12.8 Å². The lowest BCUT2D eigenvalue weighted by molar-refractivity contribution is -0.135. The summed E-state index contributed by atoms with van der Waals surface area (Å²) >= 11 is 0. The van der Waals surface area contributed by atoms with Gasteiger partial charge in [0.1, 0.15) is 0 Å². The SMILES string of the molecule is CN(C)C(=O)C1CN(S(=O)(=O)c2cn(C)cn2)CC12CCCC2. The van der Waals surface area contributed by atoms with Crippen LogP contribution >= 0.6 is 0 Å². The molecule has 0 aromatic carbocycles. The average Bonchev–Trinajstić information content (AvgIpc) is 3.20. The average molecular weight is 340 g/mol. The van der Waals surface area contributed by atoms with Gasteiger partial charge in [0.25, 0.3) is 10.0 Å². The molecule has 1 aliphatic heterocycles. The highest BCUT2D eigenvalue weighted by molar-refractivity contribution is 7.89. The molecule has 1 atom stereocenters. The van der Waals surface area contributed by atoms with E-state index in [0.717, 1.165) is 25.7 Å². The quantitative estimate of drug-likeness (QED) is 0.811. The molecule has 1 aromatic heterocycles. The number of nitrogens with zero attached hydrogens (tertiary/aromatic N) is 4. The molecule has 128 valence electrons. The third-order valence-electron chi connectivity index (χ3n) is 5.24. The van der Waals surface area contributed by atoms with Gasteiger partial charge < -0.3 is 9.47 Å². The fourth-order valence-corrected chi connectivity index (χ4v) is 5.51. The maximum Gasteiger partial charge on any atom is 0.262 e. The van der Waals surface area contributed by atoms with Crippen molar-refractivity contribution in [3.63, 3.8) is 0 Å². The molecule has 7 nitrogen and oxygen atoms in total. The number of amides is 1. The van der Waals surface area contributed by atoms with Crippen LogP contribution in [0.1, 0.15) is 25.7 Å². The number of aromatic nitrogens is 2. The van der Waals surface area contributed by atoms with Crippen molar-refractivity contribution in [3.05, 3.63) is 12.5 Å². The third kappa shape index (κ3) is 2.67. The molecule has 0 bridgehead atoms. The van der Waals surface area contributed by atoms with Crippen LogP contribution in [0.25, 0.3) is 0 Å². The highest BCUT2D eigenvalue weighted by Crippen LogP contribution is 2.50. The second-order valence-electron chi connectivity index (χ2n) is 7.03. The Labute approximate surface area is 137 Å². The number of aryl methyl sites for hydroxylation is 1. The molecule has 1 saturated carbocycles. The number of sulfonamides is 1. The third-order valence-corrected chi connectivity index (χ3v) is 6.94. The van der Waals surface area contributed by atoms with Crippen LogP contribution in [-0.2, 0) is 21.9 Å². The maximum atomic E-state index is 12.9. The van der Waals surface area contributed by atoms with Crippen LogP contribution in [0.2, 0.25) is 0 Å². The summed E-state index contributed by atoms with van der Waals surface area (Å²) in [4.78, 5) is 18.2. The number of carbonyl (C=O) groups excluding carboxylic acids is 1. The maximum absolute atomic E-state index is 12.9. The Hall–Kier alpha value is -1.41. The molecule has 1 saturated heterocycles. The minimum absolute atomic E-state index is 0.0330. The van der Waals surface area contributed by atoms with Crippen LogP contribution in [0.4, 0.5) is 0 Å². The van der Waals surface area contributed by atoms with Gasteiger partial charge >= 0.3 is 0 Å². The van der Waals surface area contributed by atoms with E-state index in [2.05, 4.69) is 4.98 Å². The molecule has 2 heterocycles. The van der Waals surface area contributed by atoms with Crippen molar-refractivity contribution >= 4 is 15.9 Å². The second kappa shape index (κ2) is 5.59. The summed E-state index contributed by atoms with van der Waals surface area (Å²) in [5.41, 5.74) is -0.205. The van der Waals surface area contributed by atoms with Crippen LogP contribution in [0.5, 0.6) is 0 Å². The molecule has 0 radical (unpaired) electrons. The first-order valence-corrected chi connectivity index (χ1v) is 9.40. The van der Waals surface area contributed by atoms with Gasteiger partial charge in [0.15, 0.2) is 5.03 Å². The topological polar surface area (TPSA) is 75.5 Å². The van der Waals surface area contributed by atoms with Crippen molar-refractivity contribution in [2.75, 3.05) is 27.2 Å². The van der Waals surface area contributed by atoms with Crippen LogP contribution in [0.3, 0.4) is 0 Å². The molecular formula is C15H24N4O3S. The zero-order valence-electron chi connectivity index (χ0n) is 13.9. The van der Waals surface area contributed by atoms with Gasteiger partial charge in [0.05, 0.1) is 12.2 Å². The normalized spacial score (nSPS) is 24.4. The van der Waals surface area contributed by atoms with Gasteiger partial charge in [-0.05, 0) is 18.3 Å². The summed E-state index contributed by atoms with van der Waals surface area (Å²) in [5, 5.41) is 0.0612. The van der Waals surface area contributed by atoms with Crippen molar-refractivity contribution in [1.82, 2.24) is 18.8 Å². The zero-order valence-corrected chi connectivity index (χ0v) is 14.7. The van der Waals surface area contributed by atoms with E-state index in [-0.39, 0.29) is 28.8 Å². The van der Waals surface area contributed by atoms with Gasteiger partial charge in [0, 0.05) is 40.4 Å². The molecule has 23 heavy (non-hydrogen) atoms. The van der Waals surface area contributed by atoms with Crippen LogP contribution in [0, 0.1) is 11.3 Å². The lowest BCUT2D eigenvalue weighted by Crippen LogP contribution is -2.39. The molecule has 2 fully saturated rings. The predicted octanol–water partition coefficient (Wildman–Crippen LogP) is 0.689. The zero-order chi connectivity index (χ0) is 16.8. The smallest absolute Gasteiger partial charge is 0.262 e. The Bertz CT molecular complexity index is 704. The summed E-state index contributed by atoms with van der Waals surface area (Å²) in [6.07, 6.45) is 6.97. The van der Waals surface area contributed by atoms with E-state index in [9.17, 15) is 13.2 Å². The lowest BCUT2D eigenvalue weighted by atomic mass is 9.76. The highest BCUT2D eigenvalue weighted by atomic mass is 32.2. The molecule has 2 aliphatic rings. The summed E-state index contributed by atoms with van der Waals surface area (Å²) in [6.45, 7) is 0.687. The fraction of sp³-hybridized carbons (Fsp3) is 0.733. The monoisotopic (exact) mass is 340 g/mol. The highest BCUT2D eigenvalue weighted by Gasteiger charge is 2.54. The van der Waals surface area contributed by atoms with Crippen molar-refractivity contribution in [2.24, 2.45) is 18.4 Å². The summed E-state index contributed by atoms with van der Waals surface area (Å²) in [6, 6.07) is 0. The summed E-state index contributed by atoms with van der Waals surface area (Å²) in [5.74, 6) is -0.218. The van der Waals surface area contributed by atoms with Gasteiger partial charge in [-0.2, -0.15) is 4.31 Å². The summed E-state index contributed by atoms with van der Waals surface area (Å²) in [7, 11) is 1.57. The van der Waals surface area contributed by atoms with E-state index in [1.54, 1.807) is 30.6 Å². The molecule has 1 aromatic rings. The number of rotatable bonds is 3. The van der Waals surface area contributed by atoms with Crippen LogP contribution in [-0.4, -0.2) is 60.3 Å². The standard InChI is InChI=1S/C15H24N4O3S/c1-17(2)14(20)12-8-19(10-15(12)6-4-5-7-15)23(21,22)13-9-18(3)11-16-13/h9,11-12H,4-8,10H2,1-3H3. The molecule has 1 spiro atoms. The number of hydrogen-bond donors (Lipinski definition) is 0. The first kappa shape index (κ1) is 16.4. The van der Waals surface area contributed by atoms with E-state index in [4.69, 9.17) is 0 Å². The van der Waals surface area contributed by atoms with Gasteiger partial charge in [0.2, 0.25) is 5.91 Å². The first-order chi connectivity index (χ1) is 10.8. The molecular weight excluding hydrogens is 316 g/mol. The van der Waals surface area contributed by atoms with Gasteiger partial charge in [-0.3, -0.25) is 4.79 Å². The molecule has 8 heteroatoms. The molecule has 1 aliphatic carbocycles. The first-order valence-electron chi connectivity index (χ1n) is 7.95. The van der Waals surface area contributed by atoms with Crippen molar-refractivity contribution in [3.8, 4) is 0 Å². The number of imidazole rings is 1. The Balaban J connectivity index is 1.93. The van der Waals surface area contributed by atoms with E-state index in [0.29, 0.717) is 6.54 Å². The van der Waals surface area contributed by atoms with E-state index in [1.807, 2.05) is 0 Å². The lowest BCUT2D eigenvalue weighted by Gasteiger charge is -2.30. The number of carbonyl (C=O) groups is 1. The van der Waals surface area contributed by atoms with Gasteiger partial charge in [-0.15, -0.1) is 0 Å². The molecule has 1 unspecified atom stereocenters. The fourth-order valence-electron chi connectivity index (χ4n) is 4.00.